The maximum absolute atomic E-state index is 14.2. The number of fused-ring (bicyclic) bond motifs is 1. The summed E-state index contributed by atoms with van der Waals surface area (Å²) < 4.78 is 67.4. The normalized spacial score (nSPS) is 16.5. The smallest absolute Gasteiger partial charge is 0.418 e. The van der Waals surface area contributed by atoms with E-state index in [1.807, 2.05) is 29.2 Å². The lowest BCUT2D eigenvalue weighted by molar-refractivity contribution is -0.138. The average Bonchev–Trinajstić information content (AvgIpc) is 3.08. The molecule has 2 aliphatic rings. The largest absolute Gasteiger partial charge is 0.478 e. The summed E-state index contributed by atoms with van der Waals surface area (Å²) in [7, 11) is 0. The number of carbonyl (C=O) groups is 1. The molecule has 0 amide bonds. The molecule has 0 unspecified atom stereocenters. The maximum atomic E-state index is 14.2. The number of carboxylic acids is 1. The highest BCUT2D eigenvalue weighted by atomic mass is 35.5. The van der Waals surface area contributed by atoms with Crippen LogP contribution < -0.4 is 0 Å². The number of aromatic nitrogens is 1. The second-order valence-corrected chi connectivity index (χ2v) is 11.1. The molecule has 3 aromatic rings. The number of nitrogens with zero attached hydrogens (tertiary/aromatic N) is 2. The molecule has 4 nitrogen and oxygen atoms in total. The molecule has 0 saturated carbocycles. The summed E-state index contributed by atoms with van der Waals surface area (Å²) in [6.07, 6.45) is -3.81. The van der Waals surface area contributed by atoms with Crippen molar-refractivity contribution in [3.8, 4) is 0 Å². The third-order valence-electron chi connectivity index (χ3n) is 7.71. The van der Waals surface area contributed by atoms with E-state index in [4.69, 9.17) is 11.6 Å². The number of halogens is 6. The molecule has 1 fully saturated rings. The number of rotatable bonds is 8. The Bertz CT molecular complexity index is 1460. The molecule has 0 atom stereocenters. The molecule has 1 saturated heterocycles. The minimum Gasteiger partial charge on any atom is -0.478 e. The summed E-state index contributed by atoms with van der Waals surface area (Å²) in [5.41, 5.74) is 3.20. The monoisotopic (exact) mass is 590 g/mol. The first kappa shape index (κ1) is 29.2. The number of carboxylic acid groups (broad SMARTS) is 1. The van der Waals surface area contributed by atoms with Crippen molar-refractivity contribution < 1.29 is 31.9 Å². The lowest BCUT2D eigenvalue weighted by Crippen LogP contribution is -2.48. The second-order valence-electron chi connectivity index (χ2n) is 10.6. The Morgan fingerprint density at radius 1 is 1.07 bits per heavy atom. The summed E-state index contributed by atoms with van der Waals surface area (Å²) in [6, 6.07) is 13.2. The zero-order valence-corrected chi connectivity index (χ0v) is 22.8. The van der Waals surface area contributed by atoms with Crippen LogP contribution in [0, 0.1) is 5.92 Å². The number of aromatic carboxylic acids is 1. The Labute approximate surface area is 239 Å². The first-order valence-corrected chi connectivity index (χ1v) is 13.8. The fraction of sp³-hybridized carbons (Fsp3) is 0.355. The van der Waals surface area contributed by atoms with Gasteiger partial charge in [0.05, 0.1) is 21.8 Å². The van der Waals surface area contributed by atoms with E-state index in [2.05, 4.69) is 4.98 Å². The predicted molar refractivity (Wildman–Crippen MR) is 147 cm³/mol. The third-order valence-corrected chi connectivity index (χ3v) is 7.91. The highest BCUT2D eigenvalue weighted by Gasteiger charge is 2.37. The van der Waals surface area contributed by atoms with Crippen LogP contribution in [0.2, 0.25) is 5.02 Å². The van der Waals surface area contributed by atoms with Crippen LogP contribution in [0.25, 0.3) is 11.1 Å². The molecule has 1 aromatic heterocycles. The molecule has 216 valence electrons. The summed E-state index contributed by atoms with van der Waals surface area (Å²) in [5, 5.41) is 9.41. The number of pyridine rings is 1. The van der Waals surface area contributed by atoms with Crippen LogP contribution in [0.3, 0.4) is 0 Å². The van der Waals surface area contributed by atoms with E-state index in [9.17, 15) is 31.9 Å². The Balaban J connectivity index is 1.54. The van der Waals surface area contributed by atoms with Gasteiger partial charge in [-0.2, -0.15) is 13.2 Å². The van der Waals surface area contributed by atoms with Crippen molar-refractivity contribution in [2.45, 2.75) is 44.7 Å². The van der Waals surface area contributed by atoms with E-state index in [0.29, 0.717) is 54.0 Å². The Kier molecular flexibility index (Phi) is 8.47. The molecule has 41 heavy (non-hydrogen) atoms. The fourth-order valence-corrected chi connectivity index (χ4v) is 5.95. The van der Waals surface area contributed by atoms with Crippen LogP contribution >= 0.6 is 11.6 Å². The van der Waals surface area contributed by atoms with Crippen molar-refractivity contribution >= 4 is 28.7 Å². The Hall–Kier alpha value is -3.30. The van der Waals surface area contributed by atoms with Gasteiger partial charge in [0, 0.05) is 32.3 Å². The fourth-order valence-electron chi connectivity index (χ4n) is 5.79. The van der Waals surface area contributed by atoms with E-state index in [0.717, 1.165) is 36.7 Å². The number of benzene rings is 2. The third kappa shape index (κ3) is 6.62. The van der Waals surface area contributed by atoms with E-state index >= 15 is 0 Å². The number of likely N-dealkylation sites (tertiary alicyclic amines) is 1. The van der Waals surface area contributed by atoms with Gasteiger partial charge < -0.3 is 10.0 Å². The topological polar surface area (TPSA) is 53.4 Å². The van der Waals surface area contributed by atoms with Gasteiger partial charge in [-0.1, -0.05) is 41.9 Å². The number of allylic oxidation sites excluding steroid dienone is 1. The van der Waals surface area contributed by atoms with Gasteiger partial charge in [0.25, 0.3) is 0 Å². The van der Waals surface area contributed by atoms with Crippen LogP contribution in [-0.2, 0) is 19.0 Å². The van der Waals surface area contributed by atoms with Crippen LogP contribution in [0.15, 0.2) is 54.7 Å². The van der Waals surface area contributed by atoms with Gasteiger partial charge in [-0.3, -0.25) is 4.98 Å². The number of hydrogen-bond acceptors (Lipinski definition) is 3. The van der Waals surface area contributed by atoms with Crippen molar-refractivity contribution in [1.82, 2.24) is 9.88 Å². The average molecular weight is 591 g/mol. The first-order chi connectivity index (χ1) is 19.5. The minimum atomic E-state index is -4.68. The molecule has 0 bridgehead atoms. The standard InChI is InChI=1S/C31H28ClF5N2O2/c32-23-14-26(31(35,36)37)29(38-15-23)25-3-1-2-21-13-22(30(40)41)8-9-24(21)28(25)20-6-4-18(5-7-20)12-19-16-39(17-19)11-10-27(33)34/h4-9,13-15,19,27H,1-3,10-12,16-17H2,(H,40,41). The molecule has 1 aliphatic carbocycles. The highest BCUT2D eigenvalue weighted by molar-refractivity contribution is 6.30. The highest BCUT2D eigenvalue weighted by Crippen LogP contribution is 2.44. The zero-order chi connectivity index (χ0) is 29.3. The van der Waals surface area contributed by atoms with Gasteiger partial charge >= 0.3 is 12.1 Å². The molecule has 5 rings (SSSR count). The first-order valence-electron chi connectivity index (χ1n) is 13.4. The summed E-state index contributed by atoms with van der Waals surface area (Å²) in [6.45, 7) is 1.89. The molecule has 2 heterocycles. The van der Waals surface area contributed by atoms with Crippen LogP contribution in [0.1, 0.15) is 63.1 Å². The molecular formula is C31H28ClF5N2O2. The quantitative estimate of drug-likeness (QED) is 0.271. The molecule has 1 aliphatic heterocycles. The van der Waals surface area contributed by atoms with Crippen LogP contribution in [-0.4, -0.2) is 47.0 Å². The maximum Gasteiger partial charge on any atom is 0.418 e. The van der Waals surface area contributed by atoms with Crippen molar-refractivity contribution in [3.05, 3.63) is 98.8 Å². The van der Waals surface area contributed by atoms with Gasteiger partial charge in [0.15, 0.2) is 0 Å². The lowest BCUT2D eigenvalue weighted by Gasteiger charge is -2.39. The van der Waals surface area contributed by atoms with Gasteiger partial charge in [-0.15, -0.1) is 0 Å². The van der Waals surface area contributed by atoms with Crippen molar-refractivity contribution in [3.63, 3.8) is 0 Å². The van der Waals surface area contributed by atoms with Gasteiger partial charge in [-0.05, 0) is 83.2 Å². The zero-order valence-electron chi connectivity index (χ0n) is 22.0. The predicted octanol–water partition coefficient (Wildman–Crippen LogP) is 7.88. The Morgan fingerprint density at radius 3 is 2.46 bits per heavy atom. The molecule has 0 radical (unpaired) electrons. The van der Waals surface area contributed by atoms with Crippen molar-refractivity contribution in [2.75, 3.05) is 19.6 Å². The minimum absolute atomic E-state index is 0.114. The number of alkyl halides is 5. The van der Waals surface area contributed by atoms with E-state index in [1.165, 1.54) is 12.3 Å². The molecule has 0 spiro atoms. The second kappa shape index (κ2) is 11.9. The van der Waals surface area contributed by atoms with Crippen LogP contribution in [0.4, 0.5) is 22.0 Å². The lowest BCUT2D eigenvalue weighted by atomic mass is 9.86. The molecular weight excluding hydrogens is 563 g/mol. The molecule has 10 heteroatoms. The summed E-state index contributed by atoms with van der Waals surface area (Å²) in [5.74, 6) is -0.719. The van der Waals surface area contributed by atoms with Crippen molar-refractivity contribution in [1.29, 1.82) is 0 Å². The van der Waals surface area contributed by atoms with Gasteiger partial charge in [-0.25, -0.2) is 13.6 Å². The van der Waals surface area contributed by atoms with Crippen LogP contribution in [0.5, 0.6) is 0 Å². The van der Waals surface area contributed by atoms with E-state index in [1.54, 1.807) is 12.1 Å². The SMILES string of the molecule is O=C(O)c1ccc2c(c1)CCCC(c1ncc(Cl)cc1C(F)(F)F)=C2c1ccc(CC2CN(CCC(F)F)C2)cc1. The molecule has 1 N–H and O–H groups in total. The molecule has 2 aromatic carbocycles. The van der Waals surface area contributed by atoms with Crippen molar-refractivity contribution in [2.24, 2.45) is 5.92 Å². The summed E-state index contributed by atoms with van der Waals surface area (Å²) >= 11 is 5.92. The summed E-state index contributed by atoms with van der Waals surface area (Å²) in [4.78, 5) is 17.8. The van der Waals surface area contributed by atoms with E-state index in [-0.39, 0.29) is 22.7 Å². The van der Waals surface area contributed by atoms with E-state index < -0.39 is 24.1 Å². The van der Waals surface area contributed by atoms with Gasteiger partial charge in [0.1, 0.15) is 0 Å². The number of hydrogen-bond donors (Lipinski definition) is 1. The van der Waals surface area contributed by atoms with Gasteiger partial charge in [0.2, 0.25) is 6.43 Å². The number of aryl methyl sites for hydroxylation is 1. The Morgan fingerprint density at radius 2 is 1.80 bits per heavy atom.